The number of carboxylic acids is 1. The van der Waals surface area contributed by atoms with Crippen molar-refractivity contribution in [2.45, 2.75) is 23.5 Å². The molecule has 0 spiro atoms. The SMILES string of the molecule is CN(C)C(=O)c1cc(SC(C)(C)C(=O)O)ccn1. The second kappa shape index (κ2) is 5.39. The number of carboxylic acid groups (broad SMARTS) is 1. The van der Waals surface area contributed by atoms with Gasteiger partial charge < -0.3 is 10.0 Å². The number of aliphatic carboxylic acids is 1. The maximum Gasteiger partial charge on any atom is 0.319 e. The first-order valence-electron chi connectivity index (χ1n) is 5.34. The summed E-state index contributed by atoms with van der Waals surface area (Å²) < 4.78 is -0.945. The highest BCUT2D eigenvalue weighted by molar-refractivity contribution is 8.01. The Morgan fingerprint density at radius 1 is 1.39 bits per heavy atom. The fourth-order valence-electron chi connectivity index (χ4n) is 1.16. The van der Waals surface area contributed by atoms with Gasteiger partial charge in [-0.15, -0.1) is 11.8 Å². The number of nitrogens with zero attached hydrogens (tertiary/aromatic N) is 2. The van der Waals surface area contributed by atoms with Crippen LogP contribution in [0.2, 0.25) is 0 Å². The minimum atomic E-state index is -0.945. The molecule has 0 bridgehead atoms. The van der Waals surface area contributed by atoms with Gasteiger partial charge >= 0.3 is 5.97 Å². The smallest absolute Gasteiger partial charge is 0.319 e. The third-order valence-corrected chi connectivity index (χ3v) is 3.42. The van der Waals surface area contributed by atoms with Crippen LogP contribution >= 0.6 is 11.8 Å². The summed E-state index contributed by atoms with van der Waals surface area (Å²) >= 11 is 1.19. The van der Waals surface area contributed by atoms with Crippen molar-refractivity contribution in [2.75, 3.05) is 14.1 Å². The molecule has 98 valence electrons. The first kappa shape index (κ1) is 14.5. The Kier molecular flexibility index (Phi) is 4.34. The maximum absolute atomic E-state index is 11.7. The Bertz CT molecular complexity index is 472. The average Bonchev–Trinajstić information content (AvgIpc) is 2.27. The van der Waals surface area contributed by atoms with E-state index in [0.29, 0.717) is 10.6 Å². The molecule has 0 saturated heterocycles. The number of hydrogen-bond donors (Lipinski definition) is 1. The molecular weight excluding hydrogens is 252 g/mol. The van der Waals surface area contributed by atoms with E-state index >= 15 is 0 Å². The second-order valence-electron chi connectivity index (χ2n) is 4.49. The van der Waals surface area contributed by atoms with E-state index < -0.39 is 10.7 Å². The number of aromatic nitrogens is 1. The molecule has 1 N–H and O–H groups in total. The van der Waals surface area contributed by atoms with Gasteiger partial charge in [-0.1, -0.05) is 0 Å². The largest absolute Gasteiger partial charge is 0.480 e. The zero-order valence-corrected chi connectivity index (χ0v) is 11.6. The molecular formula is C12H16N2O3S. The lowest BCUT2D eigenvalue weighted by molar-refractivity contribution is -0.138. The van der Waals surface area contributed by atoms with Crippen molar-refractivity contribution in [3.63, 3.8) is 0 Å². The van der Waals surface area contributed by atoms with Crippen molar-refractivity contribution < 1.29 is 14.7 Å². The van der Waals surface area contributed by atoms with Gasteiger partial charge in [0, 0.05) is 25.2 Å². The lowest BCUT2D eigenvalue weighted by Gasteiger charge is -2.18. The first-order chi connectivity index (χ1) is 8.24. The molecule has 1 rings (SSSR count). The highest BCUT2D eigenvalue weighted by Gasteiger charge is 2.28. The molecule has 0 unspecified atom stereocenters. The molecule has 5 nitrogen and oxygen atoms in total. The van der Waals surface area contributed by atoms with Crippen LogP contribution in [0.1, 0.15) is 24.3 Å². The molecule has 0 radical (unpaired) electrons. The molecule has 6 heteroatoms. The van der Waals surface area contributed by atoms with Gasteiger partial charge in [0.05, 0.1) is 0 Å². The topological polar surface area (TPSA) is 70.5 Å². The van der Waals surface area contributed by atoms with Crippen LogP contribution in [-0.2, 0) is 4.79 Å². The zero-order chi connectivity index (χ0) is 13.9. The van der Waals surface area contributed by atoms with E-state index in [2.05, 4.69) is 4.98 Å². The molecule has 0 saturated carbocycles. The Morgan fingerprint density at radius 2 is 2.00 bits per heavy atom. The summed E-state index contributed by atoms with van der Waals surface area (Å²) in [4.78, 5) is 28.9. The standard InChI is InChI=1S/C12H16N2O3S/c1-12(2,11(16)17)18-8-5-6-13-9(7-8)10(15)14(3)4/h5-7H,1-4H3,(H,16,17). The Balaban J connectivity index is 2.96. The quantitative estimate of drug-likeness (QED) is 0.842. The maximum atomic E-state index is 11.7. The Morgan fingerprint density at radius 3 is 2.50 bits per heavy atom. The number of pyridine rings is 1. The van der Waals surface area contributed by atoms with Crippen LogP contribution in [0.25, 0.3) is 0 Å². The predicted molar refractivity (Wildman–Crippen MR) is 69.8 cm³/mol. The molecule has 1 amide bonds. The van der Waals surface area contributed by atoms with Crippen LogP contribution in [-0.4, -0.2) is 45.7 Å². The van der Waals surface area contributed by atoms with Crippen LogP contribution in [0.15, 0.2) is 23.2 Å². The van der Waals surface area contributed by atoms with Crippen LogP contribution in [0.3, 0.4) is 0 Å². The predicted octanol–water partition coefficient (Wildman–Crippen LogP) is 1.74. The Hall–Kier alpha value is -1.56. The fraction of sp³-hybridized carbons (Fsp3) is 0.417. The summed E-state index contributed by atoms with van der Waals surface area (Å²) in [6, 6.07) is 3.31. The molecule has 0 atom stereocenters. The fourth-order valence-corrected chi connectivity index (χ4v) is 2.14. The third-order valence-electron chi connectivity index (χ3n) is 2.24. The van der Waals surface area contributed by atoms with Crippen LogP contribution in [0, 0.1) is 0 Å². The van der Waals surface area contributed by atoms with Gasteiger partial charge in [-0.3, -0.25) is 14.6 Å². The first-order valence-corrected chi connectivity index (χ1v) is 6.16. The molecule has 0 aliphatic heterocycles. The van der Waals surface area contributed by atoms with Crippen LogP contribution in [0.4, 0.5) is 0 Å². The summed E-state index contributed by atoms with van der Waals surface area (Å²) in [7, 11) is 3.29. The van der Waals surface area contributed by atoms with Crippen molar-refractivity contribution >= 4 is 23.6 Å². The van der Waals surface area contributed by atoms with Gasteiger partial charge in [-0.25, -0.2) is 0 Å². The molecule has 1 aromatic rings. The number of hydrogen-bond acceptors (Lipinski definition) is 4. The second-order valence-corrected chi connectivity index (χ2v) is 6.19. The highest BCUT2D eigenvalue weighted by Crippen LogP contribution is 2.32. The van der Waals surface area contributed by atoms with Crippen molar-refractivity contribution in [1.29, 1.82) is 0 Å². The van der Waals surface area contributed by atoms with Gasteiger partial charge in [-0.05, 0) is 26.0 Å². The summed E-state index contributed by atoms with van der Waals surface area (Å²) in [5.41, 5.74) is 0.311. The van der Waals surface area contributed by atoms with E-state index in [1.165, 1.54) is 22.9 Å². The molecule has 0 aromatic carbocycles. The number of carbonyl (C=O) groups is 2. The summed E-state index contributed by atoms with van der Waals surface area (Å²) in [6.45, 7) is 3.24. The van der Waals surface area contributed by atoms with Crippen molar-refractivity contribution in [2.24, 2.45) is 0 Å². The number of thioether (sulfide) groups is 1. The molecule has 1 aromatic heterocycles. The van der Waals surface area contributed by atoms with Gasteiger partial charge in [0.2, 0.25) is 0 Å². The van der Waals surface area contributed by atoms with Gasteiger partial charge in [0.1, 0.15) is 10.4 Å². The van der Waals surface area contributed by atoms with Crippen molar-refractivity contribution in [3.05, 3.63) is 24.0 Å². The van der Waals surface area contributed by atoms with E-state index in [9.17, 15) is 9.59 Å². The van der Waals surface area contributed by atoms with Crippen LogP contribution < -0.4 is 0 Å². The van der Waals surface area contributed by atoms with Crippen molar-refractivity contribution in [3.8, 4) is 0 Å². The minimum Gasteiger partial charge on any atom is -0.480 e. The van der Waals surface area contributed by atoms with Crippen LogP contribution in [0.5, 0.6) is 0 Å². The number of rotatable bonds is 4. The lowest BCUT2D eigenvalue weighted by atomic mass is 10.2. The number of carbonyl (C=O) groups excluding carboxylic acids is 1. The summed E-state index contributed by atoms with van der Waals surface area (Å²) in [6.07, 6.45) is 1.51. The monoisotopic (exact) mass is 268 g/mol. The minimum absolute atomic E-state index is 0.203. The third kappa shape index (κ3) is 3.46. The van der Waals surface area contributed by atoms with Gasteiger partial charge in [0.15, 0.2) is 0 Å². The molecule has 0 aliphatic carbocycles. The van der Waals surface area contributed by atoms with E-state index in [1.54, 1.807) is 40.1 Å². The summed E-state index contributed by atoms with van der Waals surface area (Å²) in [5, 5.41) is 9.06. The van der Waals surface area contributed by atoms with Gasteiger partial charge in [-0.2, -0.15) is 0 Å². The lowest BCUT2D eigenvalue weighted by Crippen LogP contribution is -2.27. The molecule has 18 heavy (non-hydrogen) atoms. The summed E-state index contributed by atoms with van der Waals surface area (Å²) in [5.74, 6) is -1.10. The van der Waals surface area contributed by atoms with E-state index in [-0.39, 0.29) is 5.91 Å². The molecule has 0 aliphatic rings. The van der Waals surface area contributed by atoms with E-state index in [1.807, 2.05) is 0 Å². The van der Waals surface area contributed by atoms with E-state index in [0.717, 1.165) is 0 Å². The number of amides is 1. The average molecular weight is 268 g/mol. The van der Waals surface area contributed by atoms with E-state index in [4.69, 9.17) is 5.11 Å². The van der Waals surface area contributed by atoms with Gasteiger partial charge in [0.25, 0.3) is 5.91 Å². The van der Waals surface area contributed by atoms with Crippen molar-refractivity contribution in [1.82, 2.24) is 9.88 Å². The molecule has 1 heterocycles. The zero-order valence-electron chi connectivity index (χ0n) is 10.8. The normalized spacial score (nSPS) is 11.1. The molecule has 0 fully saturated rings. The Labute approximate surface area is 110 Å². The highest BCUT2D eigenvalue weighted by atomic mass is 32.2.